The largest absolute Gasteiger partial charge is 0.477 e. The second-order valence-corrected chi connectivity index (χ2v) is 3.91. The minimum atomic E-state index is -1.14. The molecule has 1 N–H and O–H groups in total. The number of aromatic carboxylic acids is 1. The SMILES string of the molecule is Cc1ccc(C(=O)c2cccc(C(=O)O)n2)cc1. The van der Waals surface area contributed by atoms with Crippen LogP contribution in [0.15, 0.2) is 42.5 Å². The first-order valence-electron chi connectivity index (χ1n) is 5.39. The summed E-state index contributed by atoms with van der Waals surface area (Å²) in [6.07, 6.45) is 0. The summed E-state index contributed by atoms with van der Waals surface area (Å²) in [5.74, 6) is -1.42. The van der Waals surface area contributed by atoms with Crippen LogP contribution in [0.25, 0.3) is 0 Å². The van der Waals surface area contributed by atoms with E-state index in [1.54, 1.807) is 12.1 Å². The lowest BCUT2D eigenvalue weighted by Gasteiger charge is -2.02. The Morgan fingerprint density at radius 1 is 1.00 bits per heavy atom. The van der Waals surface area contributed by atoms with Crippen LogP contribution < -0.4 is 0 Å². The molecule has 2 rings (SSSR count). The summed E-state index contributed by atoms with van der Waals surface area (Å²) in [7, 11) is 0. The highest BCUT2D eigenvalue weighted by atomic mass is 16.4. The van der Waals surface area contributed by atoms with Crippen molar-refractivity contribution in [3.63, 3.8) is 0 Å². The first-order chi connectivity index (χ1) is 8.58. The third-order valence-electron chi connectivity index (χ3n) is 2.51. The van der Waals surface area contributed by atoms with Gasteiger partial charge in [0.05, 0.1) is 0 Å². The number of hydrogen-bond donors (Lipinski definition) is 1. The number of pyridine rings is 1. The van der Waals surface area contributed by atoms with Crippen molar-refractivity contribution in [1.29, 1.82) is 0 Å². The third-order valence-corrected chi connectivity index (χ3v) is 2.51. The van der Waals surface area contributed by atoms with Gasteiger partial charge in [-0.1, -0.05) is 35.9 Å². The molecule has 0 bridgehead atoms. The molecule has 0 atom stereocenters. The van der Waals surface area contributed by atoms with Gasteiger partial charge in [-0.2, -0.15) is 0 Å². The second-order valence-electron chi connectivity index (χ2n) is 3.91. The van der Waals surface area contributed by atoms with E-state index in [2.05, 4.69) is 4.98 Å². The molecular formula is C14H11NO3. The molecule has 0 aliphatic carbocycles. The summed E-state index contributed by atoms with van der Waals surface area (Å²) < 4.78 is 0. The van der Waals surface area contributed by atoms with Crippen LogP contribution in [0, 0.1) is 6.92 Å². The predicted octanol–water partition coefficient (Wildman–Crippen LogP) is 2.32. The Bertz CT molecular complexity index is 603. The van der Waals surface area contributed by atoms with Gasteiger partial charge in [-0.05, 0) is 19.1 Å². The van der Waals surface area contributed by atoms with Gasteiger partial charge in [-0.15, -0.1) is 0 Å². The average molecular weight is 241 g/mol. The average Bonchev–Trinajstić information content (AvgIpc) is 2.39. The maximum absolute atomic E-state index is 12.1. The van der Waals surface area contributed by atoms with E-state index in [0.29, 0.717) is 5.56 Å². The lowest BCUT2D eigenvalue weighted by Crippen LogP contribution is -2.08. The van der Waals surface area contributed by atoms with Crippen molar-refractivity contribution in [1.82, 2.24) is 4.98 Å². The standard InChI is InChI=1S/C14H11NO3/c1-9-5-7-10(8-6-9)13(16)11-3-2-4-12(15-11)14(17)18/h2-8H,1H3,(H,17,18). The monoisotopic (exact) mass is 241 g/mol. The molecule has 4 heteroatoms. The van der Waals surface area contributed by atoms with Gasteiger partial charge < -0.3 is 5.11 Å². The maximum atomic E-state index is 12.1. The number of nitrogens with zero attached hydrogens (tertiary/aromatic N) is 1. The number of ketones is 1. The van der Waals surface area contributed by atoms with Gasteiger partial charge in [0.2, 0.25) is 5.78 Å². The lowest BCUT2D eigenvalue weighted by atomic mass is 10.1. The zero-order valence-corrected chi connectivity index (χ0v) is 9.75. The van der Waals surface area contributed by atoms with Crippen LogP contribution in [0.4, 0.5) is 0 Å². The van der Waals surface area contributed by atoms with Gasteiger partial charge in [0.1, 0.15) is 11.4 Å². The Morgan fingerprint density at radius 3 is 2.22 bits per heavy atom. The highest BCUT2D eigenvalue weighted by molar-refractivity contribution is 6.08. The Morgan fingerprint density at radius 2 is 1.61 bits per heavy atom. The number of aryl methyl sites for hydroxylation is 1. The highest BCUT2D eigenvalue weighted by Gasteiger charge is 2.12. The van der Waals surface area contributed by atoms with E-state index in [1.807, 2.05) is 19.1 Å². The molecule has 0 amide bonds. The van der Waals surface area contributed by atoms with Crippen molar-refractivity contribution in [3.8, 4) is 0 Å². The molecule has 0 aliphatic heterocycles. The van der Waals surface area contributed by atoms with Crippen LogP contribution in [0.2, 0.25) is 0 Å². The van der Waals surface area contributed by atoms with E-state index in [4.69, 9.17) is 5.11 Å². The van der Waals surface area contributed by atoms with Crippen molar-refractivity contribution in [2.45, 2.75) is 6.92 Å². The van der Waals surface area contributed by atoms with Gasteiger partial charge in [-0.25, -0.2) is 9.78 Å². The first kappa shape index (κ1) is 12.0. The second kappa shape index (κ2) is 4.79. The van der Waals surface area contributed by atoms with Crippen molar-refractivity contribution in [2.24, 2.45) is 0 Å². The third kappa shape index (κ3) is 2.43. The van der Waals surface area contributed by atoms with Crippen molar-refractivity contribution in [2.75, 3.05) is 0 Å². The predicted molar refractivity (Wildman–Crippen MR) is 65.8 cm³/mol. The van der Waals surface area contributed by atoms with Crippen LogP contribution in [0.5, 0.6) is 0 Å². The zero-order chi connectivity index (χ0) is 13.1. The van der Waals surface area contributed by atoms with E-state index in [9.17, 15) is 9.59 Å². The number of aromatic nitrogens is 1. The summed E-state index contributed by atoms with van der Waals surface area (Å²) in [6, 6.07) is 11.4. The number of hydrogen-bond acceptors (Lipinski definition) is 3. The van der Waals surface area contributed by atoms with Gasteiger partial charge in [0, 0.05) is 5.56 Å². The summed E-state index contributed by atoms with van der Waals surface area (Å²) in [4.78, 5) is 26.7. The summed E-state index contributed by atoms with van der Waals surface area (Å²) in [6.45, 7) is 1.93. The van der Waals surface area contributed by atoms with E-state index in [0.717, 1.165) is 5.56 Å². The number of benzene rings is 1. The first-order valence-corrected chi connectivity index (χ1v) is 5.39. The van der Waals surface area contributed by atoms with Crippen LogP contribution in [0.1, 0.15) is 32.1 Å². The minimum absolute atomic E-state index is 0.132. The fourth-order valence-electron chi connectivity index (χ4n) is 1.53. The van der Waals surface area contributed by atoms with E-state index < -0.39 is 5.97 Å². The lowest BCUT2D eigenvalue weighted by molar-refractivity contribution is 0.0690. The number of carbonyl (C=O) groups excluding carboxylic acids is 1. The molecule has 0 saturated carbocycles. The molecule has 2 aromatic rings. The van der Waals surface area contributed by atoms with Gasteiger partial charge in [0.25, 0.3) is 0 Å². The number of carboxylic acids is 1. The molecule has 0 radical (unpaired) electrons. The Balaban J connectivity index is 2.37. The summed E-state index contributed by atoms with van der Waals surface area (Å²) >= 11 is 0. The molecule has 0 spiro atoms. The topological polar surface area (TPSA) is 67.3 Å². The molecule has 0 saturated heterocycles. The molecule has 1 aromatic carbocycles. The van der Waals surface area contributed by atoms with Gasteiger partial charge >= 0.3 is 5.97 Å². The Kier molecular flexibility index (Phi) is 3.19. The molecule has 18 heavy (non-hydrogen) atoms. The fourth-order valence-corrected chi connectivity index (χ4v) is 1.53. The Hall–Kier alpha value is -2.49. The van der Waals surface area contributed by atoms with Crippen LogP contribution >= 0.6 is 0 Å². The molecule has 0 fully saturated rings. The van der Waals surface area contributed by atoms with Crippen molar-refractivity contribution >= 4 is 11.8 Å². The molecule has 0 aliphatic rings. The molecule has 0 unspecified atom stereocenters. The van der Waals surface area contributed by atoms with E-state index in [-0.39, 0.29) is 17.2 Å². The number of rotatable bonds is 3. The Labute approximate surface area is 104 Å². The maximum Gasteiger partial charge on any atom is 0.354 e. The summed E-state index contributed by atoms with van der Waals surface area (Å²) in [5, 5.41) is 8.82. The van der Waals surface area contributed by atoms with Crippen molar-refractivity contribution < 1.29 is 14.7 Å². The molecule has 90 valence electrons. The summed E-state index contributed by atoms with van der Waals surface area (Å²) in [5.41, 5.74) is 1.56. The van der Waals surface area contributed by atoms with Crippen LogP contribution in [-0.2, 0) is 0 Å². The molecule has 1 heterocycles. The quantitative estimate of drug-likeness (QED) is 0.837. The number of carbonyl (C=O) groups is 2. The van der Waals surface area contributed by atoms with Crippen molar-refractivity contribution in [3.05, 3.63) is 65.0 Å². The van der Waals surface area contributed by atoms with Crippen LogP contribution in [0.3, 0.4) is 0 Å². The molecular weight excluding hydrogens is 230 g/mol. The van der Waals surface area contributed by atoms with Gasteiger partial charge in [-0.3, -0.25) is 4.79 Å². The minimum Gasteiger partial charge on any atom is -0.477 e. The van der Waals surface area contributed by atoms with Gasteiger partial charge in [0.15, 0.2) is 0 Å². The zero-order valence-electron chi connectivity index (χ0n) is 9.75. The molecule has 4 nitrogen and oxygen atoms in total. The number of carboxylic acid groups (broad SMARTS) is 1. The van der Waals surface area contributed by atoms with Crippen LogP contribution in [-0.4, -0.2) is 21.8 Å². The highest BCUT2D eigenvalue weighted by Crippen LogP contribution is 2.10. The smallest absolute Gasteiger partial charge is 0.354 e. The van der Waals surface area contributed by atoms with E-state index >= 15 is 0 Å². The fraction of sp³-hybridized carbons (Fsp3) is 0.0714. The van der Waals surface area contributed by atoms with E-state index in [1.165, 1.54) is 18.2 Å². The molecule has 1 aromatic heterocycles. The normalized spacial score (nSPS) is 10.1.